The molecule has 2 aromatic carbocycles. The standard InChI is InChI=1S/C26H24N2O3S/c1-31-23-14-5-2-9-18(23)26-25-20(11-6-13-22(25)29)27-19-10-3-4-12-21(19)28(26)24(30)16-17-8-7-15-32-17/h2-5,7-10,12,14-15,26-27H,6,11,13,16H2,1H3/t26-/m1/s1. The molecule has 1 aliphatic carbocycles. The van der Waals surface area contributed by atoms with Gasteiger partial charge in [0.1, 0.15) is 5.75 Å². The fraction of sp³-hybridized carbons (Fsp3) is 0.231. The third kappa shape index (κ3) is 3.60. The van der Waals surface area contributed by atoms with Crippen LogP contribution in [0, 0.1) is 0 Å². The Bertz CT molecular complexity index is 1200. The normalized spacial score (nSPS) is 17.8. The molecule has 162 valence electrons. The van der Waals surface area contributed by atoms with Crippen LogP contribution in [0.3, 0.4) is 0 Å². The van der Waals surface area contributed by atoms with E-state index in [1.165, 1.54) is 0 Å². The first-order chi connectivity index (χ1) is 15.7. The van der Waals surface area contributed by atoms with E-state index in [2.05, 4.69) is 5.32 Å². The topological polar surface area (TPSA) is 58.6 Å². The van der Waals surface area contributed by atoms with Gasteiger partial charge >= 0.3 is 0 Å². The second kappa shape index (κ2) is 8.63. The molecule has 1 aromatic heterocycles. The minimum atomic E-state index is -0.558. The number of methoxy groups -OCH3 is 1. The first-order valence-corrected chi connectivity index (χ1v) is 11.6. The van der Waals surface area contributed by atoms with Crippen molar-refractivity contribution in [3.8, 4) is 5.75 Å². The number of benzene rings is 2. The quantitative estimate of drug-likeness (QED) is 0.577. The summed E-state index contributed by atoms with van der Waals surface area (Å²) in [6.07, 6.45) is 2.33. The zero-order valence-electron chi connectivity index (χ0n) is 17.8. The smallest absolute Gasteiger partial charge is 0.233 e. The first kappa shape index (κ1) is 20.5. The monoisotopic (exact) mass is 444 g/mol. The fourth-order valence-corrected chi connectivity index (χ4v) is 5.34. The van der Waals surface area contributed by atoms with E-state index in [0.717, 1.165) is 40.4 Å². The van der Waals surface area contributed by atoms with Crippen LogP contribution in [0.15, 0.2) is 77.3 Å². The number of rotatable bonds is 4. The van der Waals surface area contributed by atoms with Gasteiger partial charge in [-0.25, -0.2) is 0 Å². The number of nitrogens with one attached hydrogen (secondary N) is 1. The zero-order chi connectivity index (χ0) is 22.1. The minimum Gasteiger partial charge on any atom is -0.496 e. The van der Waals surface area contributed by atoms with E-state index in [1.807, 2.05) is 66.0 Å². The predicted octanol–water partition coefficient (Wildman–Crippen LogP) is 5.51. The number of nitrogens with zero attached hydrogens (tertiary/aromatic N) is 1. The van der Waals surface area contributed by atoms with Gasteiger partial charge in [-0.3, -0.25) is 14.5 Å². The number of fused-ring (bicyclic) bond motifs is 1. The molecule has 3 aromatic rings. The fourth-order valence-electron chi connectivity index (χ4n) is 4.64. The molecular formula is C26H24N2O3S. The molecule has 32 heavy (non-hydrogen) atoms. The lowest BCUT2D eigenvalue weighted by Gasteiger charge is -2.34. The van der Waals surface area contributed by atoms with Crippen molar-refractivity contribution >= 4 is 34.4 Å². The van der Waals surface area contributed by atoms with Crippen LogP contribution in [0.4, 0.5) is 11.4 Å². The highest BCUT2D eigenvalue weighted by atomic mass is 32.1. The summed E-state index contributed by atoms with van der Waals surface area (Å²) in [6.45, 7) is 0. The molecule has 1 amide bonds. The average Bonchev–Trinajstić information content (AvgIpc) is 3.26. The number of carbonyl (C=O) groups is 2. The number of hydrogen-bond acceptors (Lipinski definition) is 5. The van der Waals surface area contributed by atoms with E-state index in [-0.39, 0.29) is 18.1 Å². The lowest BCUT2D eigenvalue weighted by atomic mass is 9.85. The van der Waals surface area contributed by atoms with Gasteiger partial charge in [0.05, 0.1) is 30.9 Å². The number of amides is 1. The van der Waals surface area contributed by atoms with Crippen LogP contribution in [0.1, 0.15) is 35.7 Å². The van der Waals surface area contributed by atoms with Gasteiger partial charge in [-0.2, -0.15) is 0 Å². The van der Waals surface area contributed by atoms with Crippen LogP contribution in [-0.2, 0) is 16.0 Å². The highest BCUT2D eigenvalue weighted by molar-refractivity contribution is 7.10. The Balaban J connectivity index is 1.75. The Morgan fingerprint density at radius 1 is 1.09 bits per heavy atom. The Morgan fingerprint density at radius 2 is 1.91 bits per heavy atom. The Hall–Kier alpha value is -3.38. The van der Waals surface area contributed by atoms with Crippen molar-refractivity contribution in [1.82, 2.24) is 0 Å². The maximum atomic E-state index is 13.9. The molecule has 0 bridgehead atoms. The van der Waals surface area contributed by atoms with Crippen molar-refractivity contribution in [2.24, 2.45) is 0 Å². The second-order valence-corrected chi connectivity index (χ2v) is 9.01. The highest BCUT2D eigenvalue weighted by Gasteiger charge is 2.40. The third-order valence-corrected chi connectivity index (χ3v) is 6.92. The number of para-hydroxylation sites is 3. The summed E-state index contributed by atoms with van der Waals surface area (Å²) in [6, 6.07) is 18.8. The van der Waals surface area contributed by atoms with Crippen molar-refractivity contribution < 1.29 is 14.3 Å². The molecule has 1 aliphatic heterocycles. The molecular weight excluding hydrogens is 420 g/mol. The Kier molecular flexibility index (Phi) is 5.53. The van der Waals surface area contributed by atoms with E-state index in [9.17, 15) is 9.59 Å². The number of allylic oxidation sites excluding steroid dienone is 1. The maximum Gasteiger partial charge on any atom is 0.233 e. The van der Waals surface area contributed by atoms with Gasteiger partial charge in [0.15, 0.2) is 5.78 Å². The van der Waals surface area contributed by atoms with E-state index < -0.39 is 6.04 Å². The largest absolute Gasteiger partial charge is 0.496 e. The van der Waals surface area contributed by atoms with E-state index >= 15 is 0 Å². The van der Waals surface area contributed by atoms with Crippen molar-refractivity contribution in [2.75, 3.05) is 17.3 Å². The summed E-state index contributed by atoms with van der Waals surface area (Å²) in [5.74, 6) is 0.692. The van der Waals surface area contributed by atoms with Crippen molar-refractivity contribution in [3.63, 3.8) is 0 Å². The molecule has 5 nitrogen and oxygen atoms in total. The molecule has 0 spiro atoms. The zero-order valence-corrected chi connectivity index (χ0v) is 18.7. The van der Waals surface area contributed by atoms with Gasteiger partial charge in [0.25, 0.3) is 0 Å². The average molecular weight is 445 g/mol. The number of carbonyl (C=O) groups excluding carboxylic acids is 2. The number of ether oxygens (including phenoxy) is 1. The van der Waals surface area contributed by atoms with Gasteiger partial charge in [0.2, 0.25) is 5.91 Å². The van der Waals surface area contributed by atoms with Crippen molar-refractivity contribution in [1.29, 1.82) is 0 Å². The molecule has 1 N–H and O–H groups in total. The molecule has 1 atom stereocenters. The molecule has 0 unspecified atom stereocenters. The number of anilines is 2. The molecule has 2 heterocycles. The molecule has 5 rings (SSSR count). The summed E-state index contributed by atoms with van der Waals surface area (Å²) in [7, 11) is 1.62. The number of hydrogen-bond donors (Lipinski definition) is 1. The summed E-state index contributed by atoms with van der Waals surface area (Å²) >= 11 is 1.56. The molecule has 6 heteroatoms. The van der Waals surface area contributed by atoms with E-state index in [0.29, 0.717) is 17.7 Å². The summed E-state index contributed by atoms with van der Waals surface area (Å²) < 4.78 is 5.69. The summed E-state index contributed by atoms with van der Waals surface area (Å²) in [5.41, 5.74) is 3.99. The highest BCUT2D eigenvalue weighted by Crippen LogP contribution is 2.46. The SMILES string of the molecule is COc1ccccc1[C@@H]1C2=C(CCCC2=O)Nc2ccccc2N1C(=O)Cc1cccs1. The van der Waals surface area contributed by atoms with Crippen LogP contribution in [-0.4, -0.2) is 18.8 Å². The minimum absolute atomic E-state index is 0.0512. The van der Waals surface area contributed by atoms with Crippen molar-refractivity contribution in [3.05, 3.63) is 87.8 Å². The summed E-state index contributed by atoms with van der Waals surface area (Å²) in [5, 5.41) is 5.48. The third-order valence-electron chi connectivity index (χ3n) is 6.04. The van der Waals surface area contributed by atoms with Gasteiger partial charge in [-0.05, 0) is 42.5 Å². The maximum absolute atomic E-state index is 13.9. The van der Waals surface area contributed by atoms with Gasteiger partial charge in [0, 0.05) is 28.1 Å². The van der Waals surface area contributed by atoms with E-state index in [4.69, 9.17) is 4.74 Å². The summed E-state index contributed by atoms with van der Waals surface area (Å²) in [4.78, 5) is 30.0. The Morgan fingerprint density at radius 3 is 2.72 bits per heavy atom. The van der Waals surface area contributed by atoms with Crippen LogP contribution in [0.2, 0.25) is 0 Å². The van der Waals surface area contributed by atoms with Crippen molar-refractivity contribution in [2.45, 2.75) is 31.7 Å². The predicted molar refractivity (Wildman–Crippen MR) is 127 cm³/mol. The molecule has 0 saturated heterocycles. The molecule has 0 saturated carbocycles. The van der Waals surface area contributed by atoms with Gasteiger partial charge in [-0.1, -0.05) is 36.4 Å². The van der Waals surface area contributed by atoms with Gasteiger partial charge in [-0.15, -0.1) is 11.3 Å². The van der Waals surface area contributed by atoms with Crippen LogP contribution < -0.4 is 15.0 Å². The number of ketones is 1. The number of thiophene rings is 1. The lowest BCUT2D eigenvalue weighted by molar-refractivity contribution is -0.118. The lowest BCUT2D eigenvalue weighted by Crippen LogP contribution is -2.39. The van der Waals surface area contributed by atoms with E-state index in [1.54, 1.807) is 23.3 Å². The van der Waals surface area contributed by atoms with Crippen LogP contribution >= 0.6 is 11.3 Å². The first-order valence-electron chi connectivity index (χ1n) is 10.8. The molecule has 2 aliphatic rings. The molecule has 0 radical (unpaired) electrons. The van der Waals surface area contributed by atoms with Crippen LogP contribution in [0.25, 0.3) is 0 Å². The van der Waals surface area contributed by atoms with Gasteiger partial charge < -0.3 is 10.1 Å². The van der Waals surface area contributed by atoms with Crippen LogP contribution in [0.5, 0.6) is 5.75 Å². The second-order valence-electron chi connectivity index (χ2n) is 7.98. The Labute approximate surface area is 191 Å². The number of Topliss-reactive ketones (excluding diaryl/α,β-unsaturated/α-hetero) is 1. The molecule has 0 fully saturated rings.